The van der Waals surface area contributed by atoms with Gasteiger partial charge in [-0.15, -0.1) is 0 Å². The van der Waals surface area contributed by atoms with Crippen molar-refractivity contribution < 1.29 is 0 Å². The highest BCUT2D eigenvalue weighted by molar-refractivity contribution is 5.25. The lowest BCUT2D eigenvalue weighted by molar-refractivity contribution is 0.148. The summed E-state index contributed by atoms with van der Waals surface area (Å²) < 4.78 is 0. The van der Waals surface area contributed by atoms with Crippen LogP contribution in [0.1, 0.15) is 56.2 Å². The summed E-state index contributed by atoms with van der Waals surface area (Å²) >= 11 is 0. The third-order valence-corrected chi connectivity index (χ3v) is 4.84. The van der Waals surface area contributed by atoms with Crippen LogP contribution in [0.25, 0.3) is 0 Å². The molecule has 0 radical (unpaired) electrons. The minimum atomic E-state index is 0.581. The maximum Gasteiger partial charge on any atom is 0.0348 e. The minimum absolute atomic E-state index is 0.581. The van der Waals surface area contributed by atoms with Crippen molar-refractivity contribution in [3.05, 3.63) is 35.4 Å². The van der Waals surface area contributed by atoms with Gasteiger partial charge in [0.1, 0.15) is 0 Å². The lowest BCUT2D eigenvalue weighted by Crippen LogP contribution is -2.39. The van der Waals surface area contributed by atoms with E-state index in [0.29, 0.717) is 11.5 Å². The molecule has 98 valence electrons. The summed E-state index contributed by atoms with van der Waals surface area (Å²) in [7, 11) is 0. The number of aryl methyl sites for hydroxylation is 1. The van der Waals surface area contributed by atoms with E-state index in [0.717, 1.165) is 5.92 Å². The molecule has 0 spiro atoms. The molecule has 2 fully saturated rings. The fourth-order valence-corrected chi connectivity index (χ4v) is 3.07. The average Bonchev–Trinajstić information content (AvgIpc) is 3.14. The third-order valence-electron chi connectivity index (χ3n) is 4.84. The lowest BCUT2D eigenvalue weighted by atomic mass is 9.70. The predicted octanol–water partition coefficient (Wildman–Crippen LogP) is 4.23. The van der Waals surface area contributed by atoms with Crippen molar-refractivity contribution >= 4 is 0 Å². The Labute approximate surface area is 111 Å². The molecule has 2 aliphatic carbocycles. The van der Waals surface area contributed by atoms with Crippen LogP contribution in [0.3, 0.4) is 0 Å². The van der Waals surface area contributed by atoms with Crippen LogP contribution in [0.2, 0.25) is 0 Å². The highest BCUT2D eigenvalue weighted by atomic mass is 14.9. The molecule has 0 aromatic heterocycles. The van der Waals surface area contributed by atoms with Gasteiger partial charge in [-0.1, -0.05) is 43.2 Å². The standard InChI is InChI=1S/C17H25N/c1-13-4-6-14(7-5-13)16(15-8-9-15)18-12-17(2)10-3-11-17/h4-7,15-16,18H,3,8-12H2,1-2H3. The minimum Gasteiger partial charge on any atom is -0.309 e. The summed E-state index contributed by atoms with van der Waals surface area (Å²) in [6.45, 7) is 5.80. The molecule has 1 atom stereocenters. The first-order chi connectivity index (χ1) is 8.66. The second-order valence-corrected chi connectivity index (χ2v) is 6.77. The zero-order valence-electron chi connectivity index (χ0n) is 11.7. The smallest absolute Gasteiger partial charge is 0.0348 e. The van der Waals surface area contributed by atoms with E-state index in [1.54, 1.807) is 0 Å². The van der Waals surface area contributed by atoms with Crippen LogP contribution < -0.4 is 5.32 Å². The van der Waals surface area contributed by atoms with Crippen molar-refractivity contribution in [1.82, 2.24) is 5.32 Å². The molecular weight excluding hydrogens is 218 g/mol. The number of benzene rings is 1. The SMILES string of the molecule is Cc1ccc(C(NCC2(C)CCC2)C2CC2)cc1. The fraction of sp³-hybridized carbons (Fsp3) is 0.647. The highest BCUT2D eigenvalue weighted by Crippen LogP contribution is 2.44. The zero-order valence-corrected chi connectivity index (χ0v) is 11.7. The van der Waals surface area contributed by atoms with E-state index >= 15 is 0 Å². The Hall–Kier alpha value is -0.820. The van der Waals surface area contributed by atoms with Gasteiger partial charge in [0.15, 0.2) is 0 Å². The summed E-state index contributed by atoms with van der Waals surface area (Å²) in [5.74, 6) is 0.886. The van der Waals surface area contributed by atoms with Crippen LogP contribution in [0, 0.1) is 18.3 Å². The van der Waals surface area contributed by atoms with Crippen LogP contribution in [0.15, 0.2) is 24.3 Å². The molecule has 1 aromatic rings. The summed E-state index contributed by atoms with van der Waals surface area (Å²) in [6, 6.07) is 9.72. The molecule has 2 saturated carbocycles. The predicted molar refractivity (Wildman–Crippen MR) is 76.6 cm³/mol. The maximum atomic E-state index is 3.86. The maximum absolute atomic E-state index is 3.86. The lowest BCUT2D eigenvalue weighted by Gasteiger charge is -2.40. The Morgan fingerprint density at radius 1 is 1.22 bits per heavy atom. The van der Waals surface area contributed by atoms with Gasteiger partial charge < -0.3 is 5.32 Å². The van der Waals surface area contributed by atoms with E-state index in [9.17, 15) is 0 Å². The number of nitrogens with one attached hydrogen (secondary N) is 1. The van der Waals surface area contributed by atoms with Crippen LogP contribution in [0.5, 0.6) is 0 Å². The first-order valence-electron chi connectivity index (χ1n) is 7.46. The van der Waals surface area contributed by atoms with E-state index in [2.05, 4.69) is 43.4 Å². The van der Waals surface area contributed by atoms with Gasteiger partial charge in [0.25, 0.3) is 0 Å². The Morgan fingerprint density at radius 3 is 2.39 bits per heavy atom. The Kier molecular flexibility index (Phi) is 3.19. The molecule has 0 bridgehead atoms. The molecule has 3 rings (SSSR count). The van der Waals surface area contributed by atoms with Crippen molar-refractivity contribution in [2.24, 2.45) is 11.3 Å². The first kappa shape index (κ1) is 12.2. The molecule has 0 amide bonds. The van der Waals surface area contributed by atoms with E-state index in [4.69, 9.17) is 0 Å². The van der Waals surface area contributed by atoms with E-state index in [1.807, 2.05) is 0 Å². The van der Waals surface area contributed by atoms with Crippen molar-refractivity contribution in [2.75, 3.05) is 6.54 Å². The van der Waals surface area contributed by atoms with Crippen LogP contribution in [0.4, 0.5) is 0 Å². The van der Waals surface area contributed by atoms with Crippen molar-refractivity contribution in [1.29, 1.82) is 0 Å². The fourth-order valence-electron chi connectivity index (χ4n) is 3.07. The number of hydrogen-bond donors (Lipinski definition) is 1. The van der Waals surface area contributed by atoms with E-state index in [1.165, 1.54) is 49.8 Å². The molecule has 1 aromatic carbocycles. The van der Waals surface area contributed by atoms with Gasteiger partial charge in [0.2, 0.25) is 0 Å². The van der Waals surface area contributed by atoms with E-state index < -0.39 is 0 Å². The van der Waals surface area contributed by atoms with Gasteiger partial charge in [-0.3, -0.25) is 0 Å². The second-order valence-electron chi connectivity index (χ2n) is 6.77. The van der Waals surface area contributed by atoms with Gasteiger partial charge >= 0.3 is 0 Å². The Morgan fingerprint density at radius 2 is 1.89 bits per heavy atom. The topological polar surface area (TPSA) is 12.0 Å². The molecule has 1 heteroatoms. The molecule has 18 heavy (non-hydrogen) atoms. The van der Waals surface area contributed by atoms with Crippen LogP contribution in [-0.2, 0) is 0 Å². The summed E-state index contributed by atoms with van der Waals surface area (Å²) in [5, 5.41) is 3.86. The Bertz CT molecular complexity index is 398. The molecule has 0 saturated heterocycles. The summed E-state index contributed by atoms with van der Waals surface area (Å²) in [4.78, 5) is 0. The van der Waals surface area contributed by atoms with Gasteiger partial charge in [-0.05, 0) is 49.5 Å². The quantitative estimate of drug-likeness (QED) is 0.816. The highest BCUT2D eigenvalue weighted by Gasteiger charge is 2.36. The largest absolute Gasteiger partial charge is 0.309 e. The van der Waals surface area contributed by atoms with Gasteiger partial charge in [0.05, 0.1) is 0 Å². The molecule has 1 N–H and O–H groups in total. The molecule has 0 aliphatic heterocycles. The summed E-state index contributed by atoms with van der Waals surface area (Å²) in [5.41, 5.74) is 3.43. The van der Waals surface area contributed by atoms with Gasteiger partial charge in [0, 0.05) is 12.6 Å². The third kappa shape index (κ3) is 2.61. The molecule has 0 heterocycles. The number of hydrogen-bond acceptors (Lipinski definition) is 1. The Balaban J connectivity index is 1.66. The molecule has 1 nitrogen and oxygen atoms in total. The normalized spacial score (nSPS) is 23.4. The summed E-state index contributed by atoms with van der Waals surface area (Å²) in [6.07, 6.45) is 7.05. The van der Waals surface area contributed by atoms with Crippen LogP contribution in [-0.4, -0.2) is 6.54 Å². The van der Waals surface area contributed by atoms with Crippen molar-refractivity contribution in [3.8, 4) is 0 Å². The molecule has 1 unspecified atom stereocenters. The van der Waals surface area contributed by atoms with E-state index in [-0.39, 0.29) is 0 Å². The second kappa shape index (κ2) is 4.70. The molecular formula is C17H25N. The van der Waals surface area contributed by atoms with Crippen LogP contribution >= 0.6 is 0 Å². The van der Waals surface area contributed by atoms with Gasteiger partial charge in [-0.25, -0.2) is 0 Å². The number of rotatable bonds is 5. The van der Waals surface area contributed by atoms with Crippen molar-refractivity contribution in [2.45, 2.75) is 52.0 Å². The monoisotopic (exact) mass is 243 g/mol. The molecule has 2 aliphatic rings. The first-order valence-corrected chi connectivity index (χ1v) is 7.46. The average molecular weight is 243 g/mol. The van der Waals surface area contributed by atoms with Crippen molar-refractivity contribution in [3.63, 3.8) is 0 Å². The van der Waals surface area contributed by atoms with Gasteiger partial charge in [-0.2, -0.15) is 0 Å². The zero-order chi connectivity index (χ0) is 12.6.